The first kappa shape index (κ1) is 50.1. The van der Waals surface area contributed by atoms with Crippen molar-refractivity contribution in [1.82, 2.24) is 19.6 Å². The van der Waals surface area contributed by atoms with Crippen LogP contribution >= 0.6 is 0 Å². The number of aliphatic hydroxyl groups is 3. The SMILES string of the molecule is CCCCCCCCN(CC(=O)O)CC(O)CN(CC(O)CN(CCCCCCCC)CC(=O)O)CC(O)CN(CCCCCCCC)CC(=O)O. The number of aliphatic hydroxyl groups excluding tert-OH is 3. The highest BCUT2D eigenvalue weighted by molar-refractivity contribution is 5.69. The second kappa shape index (κ2) is 33.7. The Morgan fingerprint density at radius 3 is 0.808 bits per heavy atom. The summed E-state index contributed by atoms with van der Waals surface area (Å²) in [4.78, 5) is 41.8. The van der Waals surface area contributed by atoms with Gasteiger partial charge in [-0.2, -0.15) is 0 Å². The van der Waals surface area contributed by atoms with E-state index in [1.54, 1.807) is 19.6 Å². The van der Waals surface area contributed by atoms with E-state index in [9.17, 15) is 45.0 Å². The predicted octanol–water partition coefficient (Wildman–Crippen LogP) is 4.61. The van der Waals surface area contributed by atoms with Gasteiger partial charge >= 0.3 is 17.9 Å². The molecule has 0 radical (unpaired) electrons. The average molecular weight is 747 g/mol. The monoisotopic (exact) mass is 747 g/mol. The van der Waals surface area contributed by atoms with Gasteiger partial charge in [0.1, 0.15) is 0 Å². The molecule has 13 heteroatoms. The molecule has 0 heterocycles. The smallest absolute Gasteiger partial charge is 0.317 e. The van der Waals surface area contributed by atoms with Crippen LogP contribution < -0.4 is 0 Å². The van der Waals surface area contributed by atoms with E-state index < -0.39 is 36.2 Å². The molecule has 0 fully saturated rings. The van der Waals surface area contributed by atoms with Gasteiger partial charge in [-0.15, -0.1) is 0 Å². The second-order valence-corrected chi connectivity index (χ2v) is 14.9. The molecule has 52 heavy (non-hydrogen) atoms. The van der Waals surface area contributed by atoms with E-state index in [0.29, 0.717) is 19.6 Å². The molecule has 0 aliphatic carbocycles. The fraction of sp³-hybridized carbons (Fsp3) is 0.923. The van der Waals surface area contributed by atoms with Crippen LogP contribution in [0.4, 0.5) is 0 Å². The van der Waals surface area contributed by atoms with Gasteiger partial charge in [-0.05, 0) is 38.9 Å². The second-order valence-electron chi connectivity index (χ2n) is 14.9. The number of hydrogen-bond donors (Lipinski definition) is 6. The lowest BCUT2D eigenvalue weighted by molar-refractivity contribution is -0.139. The first-order valence-corrected chi connectivity index (χ1v) is 20.5. The fourth-order valence-electron chi connectivity index (χ4n) is 6.81. The van der Waals surface area contributed by atoms with E-state index in [1.807, 2.05) is 0 Å². The summed E-state index contributed by atoms with van der Waals surface area (Å²) in [6.45, 7) is 7.92. The normalized spacial score (nSPS) is 13.7. The van der Waals surface area contributed by atoms with Crippen LogP contribution in [0.15, 0.2) is 0 Å². The Hall–Kier alpha value is -1.87. The molecule has 3 unspecified atom stereocenters. The number of carboxylic acids is 3. The summed E-state index contributed by atoms with van der Waals surface area (Å²) in [6.07, 6.45) is 16.1. The maximum atomic E-state index is 11.6. The molecule has 0 saturated heterocycles. The lowest BCUT2D eigenvalue weighted by Crippen LogP contribution is -2.50. The van der Waals surface area contributed by atoms with E-state index in [0.717, 1.165) is 96.3 Å². The van der Waals surface area contributed by atoms with Gasteiger partial charge < -0.3 is 30.6 Å². The summed E-state index contributed by atoms with van der Waals surface area (Å²) in [5.74, 6) is -2.93. The molecule has 3 atom stereocenters. The first-order valence-electron chi connectivity index (χ1n) is 20.5. The van der Waals surface area contributed by atoms with Crippen LogP contribution in [-0.4, -0.2) is 165 Å². The van der Waals surface area contributed by atoms with Crippen molar-refractivity contribution in [2.45, 2.75) is 155 Å². The van der Waals surface area contributed by atoms with E-state index in [2.05, 4.69) is 20.8 Å². The predicted molar refractivity (Wildman–Crippen MR) is 207 cm³/mol. The van der Waals surface area contributed by atoms with Gasteiger partial charge in [0.15, 0.2) is 0 Å². The van der Waals surface area contributed by atoms with Crippen LogP contribution in [0, 0.1) is 0 Å². The Morgan fingerprint density at radius 2 is 0.577 bits per heavy atom. The molecule has 13 nitrogen and oxygen atoms in total. The van der Waals surface area contributed by atoms with E-state index in [-0.39, 0.29) is 58.9 Å². The Kier molecular flexibility index (Phi) is 32.5. The topological polar surface area (TPSA) is 186 Å². The largest absolute Gasteiger partial charge is 0.480 e. The van der Waals surface area contributed by atoms with Gasteiger partial charge in [0.25, 0.3) is 0 Å². The standard InChI is InChI=1S/C39H78N4O9/c1-4-7-10-13-16-19-22-40(31-37(47)48)25-34(44)28-43(29-35(45)26-41(32-38(49)50)23-20-17-14-11-8-5-2)30-36(46)27-42(33-39(51)52)24-21-18-15-12-9-6-3/h34-36,44-46H,4-33H2,1-3H3,(H,47,48)(H,49,50)(H,51,52). The van der Waals surface area contributed by atoms with Crippen LogP contribution in [-0.2, 0) is 14.4 Å². The summed E-state index contributed by atoms with van der Waals surface area (Å²) in [5.41, 5.74) is 0. The number of aliphatic carboxylic acids is 3. The molecule has 308 valence electrons. The zero-order chi connectivity index (χ0) is 39.0. The third kappa shape index (κ3) is 31.6. The molecule has 0 spiro atoms. The van der Waals surface area contributed by atoms with Gasteiger partial charge in [-0.25, -0.2) is 0 Å². The Labute approximate surface area is 315 Å². The molecule has 0 aromatic heterocycles. The van der Waals surface area contributed by atoms with Gasteiger partial charge in [-0.1, -0.05) is 117 Å². The lowest BCUT2D eigenvalue weighted by Gasteiger charge is -2.33. The molecular formula is C39H78N4O9. The quantitative estimate of drug-likeness (QED) is 0.0480. The molecule has 0 saturated carbocycles. The Balaban J connectivity index is 5.64. The number of nitrogens with zero attached hydrogens (tertiary/aromatic N) is 4. The van der Waals surface area contributed by atoms with Crippen LogP contribution in [0.5, 0.6) is 0 Å². The number of carboxylic acid groups (broad SMARTS) is 3. The Bertz CT molecular complexity index is 775. The lowest BCUT2D eigenvalue weighted by atomic mass is 10.1. The zero-order valence-electron chi connectivity index (χ0n) is 33.1. The summed E-state index contributed by atoms with van der Waals surface area (Å²) in [7, 11) is 0. The molecule has 6 N–H and O–H groups in total. The molecule has 0 aliphatic heterocycles. The molecule has 0 aromatic carbocycles. The minimum absolute atomic E-state index is 0.0491. The average Bonchev–Trinajstić information content (AvgIpc) is 3.04. The summed E-state index contributed by atoms with van der Waals surface area (Å²) in [6, 6.07) is 0. The third-order valence-corrected chi connectivity index (χ3v) is 9.37. The van der Waals surface area contributed by atoms with Gasteiger partial charge in [-0.3, -0.25) is 34.0 Å². The van der Waals surface area contributed by atoms with Crippen LogP contribution in [0.1, 0.15) is 136 Å². The molecule has 0 aromatic rings. The number of hydrogen-bond acceptors (Lipinski definition) is 10. The molecule has 0 rings (SSSR count). The van der Waals surface area contributed by atoms with Crippen molar-refractivity contribution >= 4 is 17.9 Å². The van der Waals surface area contributed by atoms with Crippen molar-refractivity contribution in [3.8, 4) is 0 Å². The minimum Gasteiger partial charge on any atom is -0.480 e. The van der Waals surface area contributed by atoms with Crippen molar-refractivity contribution in [1.29, 1.82) is 0 Å². The summed E-state index contributed by atoms with van der Waals surface area (Å²) >= 11 is 0. The first-order chi connectivity index (χ1) is 24.9. The Morgan fingerprint density at radius 1 is 0.365 bits per heavy atom. The van der Waals surface area contributed by atoms with Gasteiger partial charge in [0.05, 0.1) is 37.9 Å². The summed E-state index contributed by atoms with van der Waals surface area (Å²) < 4.78 is 0. The number of rotatable bonds is 39. The zero-order valence-corrected chi connectivity index (χ0v) is 33.1. The highest BCUT2D eigenvalue weighted by Gasteiger charge is 2.24. The third-order valence-electron chi connectivity index (χ3n) is 9.37. The van der Waals surface area contributed by atoms with Crippen molar-refractivity contribution in [2.75, 3.05) is 78.5 Å². The molecule has 0 bridgehead atoms. The highest BCUT2D eigenvalue weighted by atomic mass is 16.4. The van der Waals surface area contributed by atoms with Crippen LogP contribution in [0.2, 0.25) is 0 Å². The van der Waals surface area contributed by atoms with Crippen molar-refractivity contribution in [3.05, 3.63) is 0 Å². The molecular weight excluding hydrogens is 668 g/mol. The van der Waals surface area contributed by atoms with Crippen molar-refractivity contribution in [2.24, 2.45) is 0 Å². The van der Waals surface area contributed by atoms with Crippen LogP contribution in [0.25, 0.3) is 0 Å². The van der Waals surface area contributed by atoms with E-state index >= 15 is 0 Å². The minimum atomic E-state index is -0.978. The maximum absolute atomic E-state index is 11.6. The van der Waals surface area contributed by atoms with Crippen molar-refractivity contribution < 1.29 is 45.0 Å². The fourth-order valence-corrected chi connectivity index (χ4v) is 6.81. The van der Waals surface area contributed by atoms with Crippen LogP contribution in [0.3, 0.4) is 0 Å². The molecule has 0 aliphatic rings. The van der Waals surface area contributed by atoms with Crippen molar-refractivity contribution in [3.63, 3.8) is 0 Å². The maximum Gasteiger partial charge on any atom is 0.317 e. The highest BCUT2D eigenvalue weighted by Crippen LogP contribution is 2.11. The van der Waals surface area contributed by atoms with Gasteiger partial charge in [0.2, 0.25) is 0 Å². The van der Waals surface area contributed by atoms with Gasteiger partial charge in [0, 0.05) is 39.3 Å². The van der Waals surface area contributed by atoms with E-state index in [1.165, 1.54) is 19.3 Å². The number of carbonyl (C=O) groups is 3. The molecule has 0 amide bonds. The van der Waals surface area contributed by atoms with E-state index in [4.69, 9.17) is 0 Å². The number of unbranched alkanes of at least 4 members (excludes halogenated alkanes) is 15. The summed E-state index contributed by atoms with van der Waals surface area (Å²) in [5, 5.41) is 62.2.